The highest BCUT2D eigenvalue weighted by Crippen LogP contribution is 2.44. The molecule has 1 aliphatic carbocycles. The summed E-state index contributed by atoms with van der Waals surface area (Å²) in [6.07, 6.45) is 5.45. The van der Waals surface area contributed by atoms with Crippen molar-refractivity contribution in [2.45, 2.75) is 44.2 Å². The number of carbonyl (C=O) groups is 1. The van der Waals surface area contributed by atoms with E-state index in [9.17, 15) is 4.79 Å². The van der Waals surface area contributed by atoms with Crippen LogP contribution in [0.1, 0.15) is 32.3 Å². The maximum absolute atomic E-state index is 12.8. The summed E-state index contributed by atoms with van der Waals surface area (Å²) in [6.45, 7) is 3.97. The molecule has 2 aromatic heterocycles. The molecule has 0 spiro atoms. The minimum atomic E-state index is -0.475. The Labute approximate surface area is 133 Å². The smallest absolute Gasteiger partial charge is 0.238 e. The van der Waals surface area contributed by atoms with Crippen molar-refractivity contribution in [3.8, 4) is 0 Å². The van der Waals surface area contributed by atoms with Crippen LogP contribution in [0.25, 0.3) is 0 Å². The molecule has 1 amide bonds. The first kappa shape index (κ1) is 13.7. The van der Waals surface area contributed by atoms with Gasteiger partial charge in [-0.05, 0) is 32.8 Å². The average molecular weight is 314 g/mol. The molecular formula is C16H18N4OS. The van der Waals surface area contributed by atoms with Gasteiger partial charge >= 0.3 is 0 Å². The van der Waals surface area contributed by atoms with Crippen molar-refractivity contribution in [3.05, 3.63) is 35.5 Å². The molecule has 4 rings (SSSR count). The van der Waals surface area contributed by atoms with Gasteiger partial charge in [-0.2, -0.15) is 0 Å². The Kier molecular flexibility index (Phi) is 2.97. The largest absolute Gasteiger partial charge is 0.359 e. The SMILES string of the molecule is CC1(C)C(=O)N(C2CC(Nc3nccs3)C2)c2ncccc21. The normalized spacial score (nSPS) is 25.7. The van der Waals surface area contributed by atoms with Crippen molar-refractivity contribution in [1.82, 2.24) is 9.97 Å². The lowest BCUT2D eigenvalue weighted by Crippen LogP contribution is -2.53. The summed E-state index contributed by atoms with van der Waals surface area (Å²) in [5, 5.41) is 6.34. The average Bonchev–Trinajstić information content (AvgIpc) is 3.03. The summed E-state index contributed by atoms with van der Waals surface area (Å²) >= 11 is 1.61. The predicted octanol–water partition coefficient (Wildman–Crippen LogP) is 2.81. The third-order valence-corrected chi connectivity index (χ3v) is 5.38. The van der Waals surface area contributed by atoms with Gasteiger partial charge in [0, 0.05) is 35.4 Å². The van der Waals surface area contributed by atoms with Crippen molar-refractivity contribution < 1.29 is 4.79 Å². The molecule has 2 aliphatic rings. The molecule has 1 saturated carbocycles. The lowest BCUT2D eigenvalue weighted by Gasteiger charge is -2.41. The molecule has 1 fully saturated rings. The zero-order valence-corrected chi connectivity index (χ0v) is 13.4. The van der Waals surface area contributed by atoms with Crippen LogP contribution in [-0.2, 0) is 10.2 Å². The number of thiazole rings is 1. The van der Waals surface area contributed by atoms with Gasteiger partial charge in [-0.3, -0.25) is 9.69 Å². The van der Waals surface area contributed by atoms with Crippen molar-refractivity contribution >= 4 is 28.2 Å². The fourth-order valence-electron chi connectivity index (χ4n) is 3.31. The van der Waals surface area contributed by atoms with E-state index in [1.807, 2.05) is 36.3 Å². The second kappa shape index (κ2) is 4.78. The number of hydrogen-bond donors (Lipinski definition) is 1. The van der Waals surface area contributed by atoms with Gasteiger partial charge in [0.2, 0.25) is 5.91 Å². The minimum Gasteiger partial charge on any atom is -0.359 e. The zero-order chi connectivity index (χ0) is 15.3. The molecule has 5 nitrogen and oxygen atoms in total. The van der Waals surface area contributed by atoms with Gasteiger partial charge in [0.1, 0.15) is 5.82 Å². The molecule has 2 aromatic rings. The van der Waals surface area contributed by atoms with Gasteiger partial charge in [0.05, 0.1) is 5.41 Å². The van der Waals surface area contributed by atoms with Crippen LogP contribution in [0.3, 0.4) is 0 Å². The molecule has 1 aliphatic heterocycles. The summed E-state index contributed by atoms with van der Waals surface area (Å²) in [5.41, 5.74) is 0.563. The maximum atomic E-state index is 12.8. The van der Waals surface area contributed by atoms with Gasteiger partial charge in [-0.15, -0.1) is 11.3 Å². The number of aromatic nitrogens is 2. The number of fused-ring (bicyclic) bond motifs is 1. The van der Waals surface area contributed by atoms with Crippen LogP contribution < -0.4 is 10.2 Å². The van der Waals surface area contributed by atoms with Gasteiger partial charge in [0.25, 0.3) is 0 Å². The Morgan fingerprint density at radius 2 is 2.14 bits per heavy atom. The van der Waals surface area contributed by atoms with Crippen LogP contribution in [0, 0.1) is 0 Å². The molecular weight excluding hydrogens is 296 g/mol. The van der Waals surface area contributed by atoms with Gasteiger partial charge < -0.3 is 5.32 Å². The first-order chi connectivity index (χ1) is 10.6. The Bertz CT molecular complexity index is 707. The third kappa shape index (κ3) is 1.94. The summed E-state index contributed by atoms with van der Waals surface area (Å²) in [6, 6.07) is 4.55. The summed E-state index contributed by atoms with van der Waals surface area (Å²) in [4.78, 5) is 23.4. The Morgan fingerprint density at radius 3 is 2.86 bits per heavy atom. The molecule has 1 N–H and O–H groups in total. The van der Waals surface area contributed by atoms with Crippen molar-refractivity contribution in [1.29, 1.82) is 0 Å². The minimum absolute atomic E-state index is 0.166. The van der Waals surface area contributed by atoms with Crippen LogP contribution in [0.5, 0.6) is 0 Å². The predicted molar refractivity (Wildman–Crippen MR) is 87.3 cm³/mol. The van der Waals surface area contributed by atoms with E-state index in [-0.39, 0.29) is 11.9 Å². The Hall–Kier alpha value is -1.95. The van der Waals surface area contributed by atoms with E-state index < -0.39 is 5.41 Å². The topological polar surface area (TPSA) is 58.1 Å². The lowest BCUT2D eigenvalue weighted by molar-refractivity contribution is -0.122. The standard InChI is InChI=1S/C16H18N4OS/c1-16(2)12-4-3-5-17-13(12)20(14(16)21)11-8-10(9-11)19-15-18-6-7-22-15/h3-7,10-11H,8-9H2,1-2H3,(H,18,19). The first-order valence-electron chi connectivity index (χ1n) is 7.52. The van der Waals surface area contributed by atoms with Crippen molar-refractivity contribution in [2.75, 3.05) is 10.2 Å². The van der Waals surface area contributed by atoms with E-state index in [1.165, 1.54) is 0 Å². The van der Waals surface area contributed by atoms with E-state index in [2.05, 4.69) is 15.3 Å². The molecule has 0 unspecified atom stereocenters. The molecule has 0 aromatic carbocycles. The van der Waals surface area contributed by atoms with Crippen molar-refractivity contribution in [3.63, 3.8) is 0 Å². The summed E-state index contributed by atoms with van der Waals surface area (Å²) < 4.78 is 0. The molecule has 0 saturated heterocycles. The molecule has 0 radical (unpaired) electrons. The molecule has 3 heterocycles. The number of carbonyl (C=O) groups excluding carboxylic acids is 1. The maximum Gasteiger partial charge on any atom is 0.238 e. The van der Waals surface area contributed by atoms with Crippen LogP contribution in [0.15, 0.2) is 29.9 Å². The summed E-state index contributed by atoms with van der Waals surface area (Å²) in [5.74, 6) is 1.01. The zero-order valence-electron chi connectivity index (χ0n) is 12.6. The fourth-order valence-corrected chi connectivity index (χ4v) is 3.92. The van der Waals surface area contributed by atoms with E-state index >= 15 is 0 Å². The number of amides is 1. The Balaban J connectivity index is 1.52. The van der Waals surface area contributed by atoms with Gasteiger partial charge in [0.15, 0.2) is 5.13 Å². The number of hydrogen-bond acceptors (Lipinski definition) is 5. The van der Waals surface area contributed by atoms with Gasteiger partial charge in [-0.1, -0.05) is 6.07 Å². The van der Waals surface area contributed by atoms with E-state index in [4.69, 9.17) is 0 Å². The number of pyridine rings is 1. The third-order valence-electron chi connectivity index (χ3n) is 4.68. The number of nitrogens with zero attached hydrogens (tertiary/aromatic N) is 3. The van der Waals surface area contributed by atoms with E-state index in [0.717, 1.165) is 29.4 Å². The highest BCUT2D eigenvalue weighted by Gasteiger charge is 2.50. The van der Waals surface area contributed by atoms with Gasteiger partial charge in [-0.25, -0.2) is 9.97 Å². The molecule has 114 valence electrons. The Morgan fingerprint density at radius 1 is 1.32 bits per heavy atom. The second-order valence-electron chi connectivity index (χ2n) is 6.48. The second-order valence-corrected chi connectivity index (χ2v) is 7.37. The van der Waals surface area contributed by atoms with Crippen LogP contribution >= 0.6 is 11.3 Å². The number of anilines is 2. The highest BCUT2D eigenvalue weighted by molar-refractivity contribution is 7.13. The molecule has 0 bridgehead atoms. The molecule has 0 atom stereocenters. The summed E-state index contributed by atoms with van der Waals surface area (Å²) in [7, 11) is 0. The highest BCUT2D eigenvalue weighted by atomic mass is 32.1. The van der Waals surface area contributed by atoms with Crippen molar-refractivity contribution in [2.24, 2.45) is 0 Å². The van der Waals surface area contributed by atoms with Crippen LogP contribution in [0.2, 0.25) is 0 Å². The number of nitrogens with one attached hydrogen (secondary N) is 1. The fraction of sp³-hybridized carbons (Fsp3) is 0.438. The monoisotopic (exact) mass is 314 g/mol. The van der Waals surface area contributed by atoms with E-state index in [0.29, 0.717) is 6.04 Å². The molecule has 6 heteroatoms. The van der Waals surface area contributed by atoms with Crippen LogP contribution in [-0.4, -0.2) is 28.0 Å². The van der Waals surface area contributed by atoms with E-state index in [1.54, 1.807) is 23.7 Å². The molecule has 22 heavy (non-hydrogen) atoms. The number of rotatable bonds is 3. The van der Waals surface area contributed by atoms with Crippen LogP contribution in [0.4, 0.5) is 10.9 Å². The quantitative estimate of drug-likeness (QED) is 0.946. The first-order valence-corrected chi connectivity index (χ1v) is 8.40. The lowest BCUT2D eigenvalue weighted by atomic mass is 9.84.